The maximum Gasteiger partial charge on any atom is 0.315 e. The summed E-state index contributed by atoms with van der Waals surface area (Å²) in [6.07, 6.45) is 6.29. The Morgan fingerprint density at radius 2 is 2.07 bits per heavy atom. The van der Waals surface area contributed by atoms with E-state index in [0.29, 0.717) is 12.0 Å². The molecule has 2 amide bonds. The number of hydrogen-bond acceptors (Lipinski definition) is 1. The number of nitrogens with one attached hydrogen (secondary N) is 2. The Morgan fingerprint density at radius 3 is 2.57 bits per heavy atom. The Balaban J connectivity index is 1.56. The van der Waals surface area contributed by atoms with Crippen molar-refractivity contribution in [3.63, 3.8) is 0 Å². The quantitative estimate of drug-likeness (QED) is 0.708. The lowest BCUT2D eigenvalue weighted by molar-refractivity contribution is 0.226. The van der Waals surface area contributed by atoms with E-state index in [9.17, 15) is 4.79 Å². The van der Waals surface area contributed by atoms with Gasteiger partial charge in [-0.05, 0) is 43.9 Å². The highest BCUT2D eigenvalue weighted by Crippen LogP contribution is 2.36. The molecule has 2 aliphatic rings. The zero-order chi connectivity index (χ0) is 9.97. The Kier molecular flexibility index (Phi) is 2.94. The highest BCUT2D eigenvalue weighted by molar-refractivity contribution is 5.74. The van der Waals surface area contributed by atoms with E-state index in [1.54, 1.807) is 0 Å². The SMILES string of the molecule is CC(CNC(=O)NC1CCC1)C1CC1. The molecule has 80 valence electrons. The van der Waals surface area contributed by atoms with Crippen LogP contribution in [0.3, 0.4) is 0 Å². The number of urea groups is 1. The molecule has 14 heavy (non-hydrogen) atoms. The van der Waals surface area contributed by atoms with E-state index in [1.165, 1.54) is 19.3 Å². The fourth-order valence-corrected chi connectivity index (χ4v) is 1.87. The molecule has 0 bridgehead atoms. The number of carbonyl (C=O) groups is 1. The number of carbonyl (C=O) groups excluding carboxylic acids is 1. The van der Waals surface area contributed by atoms with E-state index in [4.69, 9.17) is 0 Å². The molecule has 2 fully saturated rings. The van der Waals surface area contributed by atoms with Gasteiger partial charge in [0, 0.05) is 12.6 Å². The third-order valence-electron chi connectivity index (χ3n) is 3.45. The maximum absolute atomic E-state index is 11.4. The van der Waals surface area contributed by atoms with Crippen molar-refractivity contribution < 1.29 is 4.79 Å². The van der Waals surface area contributed by atoms with Crippen molar-refractivity contribution in [1.82, 2.24) is 10.6 Å². The number of amides is 2. The van der Waals surface area contributed by atoms with Gasteiger partial charge in [-0.15, -0.1) is 0 Å². The summed E-state index contributed by atoms with van der Waals surface area (Å²) in [5.41, 5.74) is 0. The number of hydrogen-bond donors (Lipinski definition) is 2. The van der Waals surface area contributed by atoms with Gasteiger partial charge in [0.05, 0.1) is 0 Å². The average molecular weight is 196 g/mol. The summed E-state index contributed by atoms with van der Waals surface area (Å²) >= 11 is 0. The minimum Gasteiger partial charge on any atom is -0.338 e. The minimum absolute atomic E-state index is 0.0298. The van der Waals surface area contributed by atoms with Crippen molar-refractivity contribution in [2.24, 2.45) is 11.8 Å². The third-order valence-corrected chi connectivity index (χ3v) is 3.45. The topological polar surface area (TPSA) is 41.1 Å². The first kappa shape index (κ1) is 9.81. The molecule has 2 saturated carbocycles. The summed E-state index contributed by atoms with van der Waals surface area (Å²) in [6.45, 7) is 3.06. The van der Waals surface area contributed by atoms with Crippen LogP contribution in [0.15, 0.2) is 0 Å². The van der Waals surface area contributed by atoms with Crippen molar-refractivity contribution in [1.29, 1.82) is 0 Å². The summed E-state index contributed by atoms with van der Waals surface area (Å²) in [5, 5.41) is 5.93. The molecule has 0 aromatic carbocycles. The number of rotatable bonds is 4. The molecule has 2 N–H and O–H groups in total. The second-order valence-electron chi connectivity index (χ2n) is 4.80. The molecule has 2 rings (SSSR count). The monoisotopic (exact) mass is 196 g/mol. The van der Waals surface area contributed by atoms with Crippen LogP contribution in [0.1, 0.15) is 39.0 Å². The first-order valence-electron chi connectivity index (χ1n) is 5.80. The van der Waals surface area contributed by atoms with E-state index >= 15 is 0 Å². The van der Waals surface area contributed by atoms with Gasteiger partial charge >= 0.3 is 6.03 Å². The largest absolute Gasteiger partial charge is 0.338 e. The van der Waals surface area contributed by atoms with Gasteiger partial charge in [0.25, 0.3) is 0 Å². The molecule has 0 radical (unpaired) electrons. The van der Waals surface area contributed by atoms with Crippen molar-refractivity contribution in [3.05, 3.63) is 0 Å². The molecule has 0 heterocycles. The summed E-state index contributed by atoms with van der Waals surface area (Å²) in [6, 6.07) is 0.480. The minimum atomic E-state index is 0.0298. The van der Waals surface area contributed by atoms with Crippen LogP contribution in [-0.4, -0.2) is 18.6 Å². The van der Waals surface area contributed by atoms with Crippen LogP contribution >= 0.6 is 0 Å². The molecule has 0 spiro atoms. The molecule has 1 unspecified atom stereocenters. The first-order chi connectivity index (χ1) is 6.75. The summed E-state index contributed by atoms with van der Waals surface area (Å²) < 4.78 is 0. The molecular formula is C11H20N2O. The van der Waals surface area contributed by atoms with Crippen LogP contribution in [0.2, 0.25) is 0 Å². The normalized spacial score (nSPS) is 23.8. The van der Waals surface area contributed by atoms with Crippen LogP contribution in [0.5, 0.6) is 0 Å². The van der Waals surface area contributed by atoms with Gasteiger partial charge in [-0.2, -0.15) is 0 Å². The van der Waals surface area contributed by atoms with Crippen LogP contribution in [0.4, 0.5) is 4.79 Å². The molecule has 2 aliphatic carbocycles. The maximum atomic E-state index is 11.4. The Bertz CT molecular complexity index is 209. The molecular weight excluding hydrogens is 176 g/mol. The third kappa shape index (κ3) is 2.63. The van der Waals surface area contributed by atoms with Crippen molar-refractivity contribution in [2.75, 3.05) is 6.54 Å². The van der Waals surface area contributed by atoms with Crippen molar-refractivity contribution in [3.8, 4) is 0 Å². The van der Waals surface area contributed by atoms with Crippen LogP contribution in [0, 0.1) is 11.8 Å². The highest BCUT2D eigenvalue weighted by Gasteiger charge is 2.28. The van der Waals surface area contributed by atoms with Crippen LogP contribution in [0.25, 0.3) is 0 Å². The van der Waals surface area contributed by atoms with Gasteiger partial charge in [0.2, 0.25) is 0 Å². The van der Waals surface area contributed by atoms with Crippen LogP contribution < -0.4 is 10.6 Å². The Hall–Kier alpha value is -0.730. The van der Waals surface area contributed by atoms with Gasteiger partial charge in [-0.3, -0.25) is 0 Å². The average Bonchev–Trinajstić information content (AvgIpc) is 2.90. The van der Waals surface area contributed by atoms with E-state index in [0.717, 1.165) is 25.3 Å². The van der Waals surface area contributed by atoms with Gasteiger partial charge in [-0.1, -0.05) is 6.92 Å². The summed E-state index contributed by atoms with van der Waals surface area (Å²) in [5.74, 6) is 1.53. The van der Waals surface area contributed by atoms with Gasteiger partial charge < -0.3 is 10.6 Å². The van der Waals surface area contributed by atoms with E-state index in [1.807, 2.05) is 0 Å². The van der Waals surface area contributed by atoms with Crippen LogP contribution in [-0.2, 0) is 0 Å². The highest BCUT2D eigenvalue weighted by atomic mass is 16.2. The lowest BCUT2D eigenvalue weighted by Gasteiger charge is -2.26. The second-order valence-corrected chi connectivity index (χ2v) is 4.80. The molecule has 0 aromatic rings. The predicted octanol–water partition coefficient (Wildman–Crippen LogP) is 1.88. The second kappa shape index (κ2) is 4.20. The lowest BCUT2D eigenvalue weighted by atomic mass is 9.93. The predicted molar refractivity (Wildman–Crippen MR) is 56.1 cm³/mol. The van der Waals surface area contributed by atoms with Gasteiger partial charge in [-0.25, -0.2) is 4.79 Å². The Labute approximate surface area is 85.6 Å². The lowest BCUT2D eigenvalue weighted by Crippen LogP contribution is -2.46. The van der Waals surface area contributed by atoms with E-state index < -0.39 is 0 Å². The van der Waals surface area contributed by atoms with Crippen molar-refractivity contribution in [2.45, 2.75) is 45.1 Å². The van der Waals surface area contributed by atoms with E-state index in [-0.39, 0.29) is 6.03 Å². The summed E-state index contributed by atoms with van der Waals surface area (Å²) in [7, 11) is 0. The standard InChI is InChI=1S/C11H20N2O/c1-8(9-5-6-9)7-12-11(14)13-10-3-2-4-10/h8-10H,2-7H2,1H3,(H2,12,13,14). The zero-order valence-electron chi connectivity index (χ0n) is 8.88. The summed E-state index contributed by atoms with van der Waals surface area (Å²) in [4.78, 5) is 11.4. The molecule has 3 heteroatoms. The zero-order valence-corrected chi connectivity index (χ0v) is 8.88. The smallest absolute Gasteiger partial charge is 0.315 e. The van der Waals surface area contributed by atoms with E-state index in [2.05, 4.69) is 17.6 Å². The fraction of sp³-hybridized carbons (Fsp3) is 0.909. The molecule has 0 aliphatic heterocycles. The Morgan fingerprint density at radius 1 is 1.36 bits per heavy atom. The molecule has 0 saturated heterocycles. The molecule has 1 atom stereocenters. The van der Waals surface area contributed by atoms with Gasteiger partial charge in [0.1, 0.15) is 0 Å². The first-order valence-corrected chi connectivity index (χ1v) is 5.80. The van der Waals surface area contributed by atoms with Crippen molar-refractivity contribution >= 4 is 6.03 Å². The van der Waals surface area contributed by atoms with Gasteiger partial charge in [0.15, 0.2) is 0 Å². The molecule has 3 nitrogen and oxygen atoms in total. The fourth-order valence-electron chi connectivity index (χ4n) is 1.87. The molecule has 0 aromatic heterocycles.